The molecule has 0 spiro atoms. The molecule has 2 rings (SSSR count). The molecule has 0 saturated carbocycles. The van der Waals surface area contributed by atoms with E-state index in [0.29, 0.717) is 0 Å². The summed E-state index contributed by atoms with van der Waals surface area (Å²) in [5.41, 5.74) is 1.43. The van der Waals surface area contributed by atoms with Gasteiger partial charge in [0.05, 0.1) is 17.2 Å². The normalized spacial score (nSPS) is 10.3. The number of aromatic amines is 1. The van der Waals surface area contributed by atoms with Gasteiger partial charge in [0.2, 0.25) is 0 Å². The number of hydrogen-bond acceptors (Lipinski definition) is 3. The van der Waals surface area contributed by atoms with Gasteiger partial charge in [-0.3, -0.25) is 4.79 Å². The van der Waals surface area contributed by atoms with Crippen LogP contribution in [-0.2, 0) is 0 Å². The van der Waals surface area contributed by atoms with Crippen LogP contribution in [0, 0.1) is 0 Å². The average Bonchev–Trinajstić information content (AvgIpc) is 2.54. The molecule has 122 valence electrons. The first kappa shape index (κ1) is 18.8. The van der Waals surface area contributed by atoms with Crippen LogP contribution < -0.4 is 5.56 Å². The molecule has 0 atom stereocenters. The predicted molar refractivity (Wildman–Crippen MR) is 98.7 cm³/mol. The second-order valence-corrected chi connectivity index (χ2v) is 6.52. The lowest BCUT2D eigenvalue weighted by Gasteiger charge is -1.99. The van der Waals surface area contributed by atoms with Gasteiger partial charge in [-0.1, -0.05) is 51.7 Å². The fourth-order valence-electron chi connectivity index (χ4n) is 2.00. The quantitative estimate of drug-likeness (QED) is 0.694. The number of nitrogens with one attached hydrogen (secondary N) is 1. The summed E-state index contributed by atoms with van der Waals surface area (Å²) in [5, 5.41) is 0. The van der Waals surface area contributed by atoms with Crippen LogP contribution >= 0.6 is 11.8 Å². The number of nitrogens with zero attached hydrogens (tertiary/aromatic N) is 1. The SMILES string of the molecule is CCCCCSCCCCC.O=c1cnc2ccccc2[nH]1. The lowest BCUT2D eigenvalue weighted by molar-refractivity contribution is 0.768. The molecule has 0 aliphatic carbocycles. The molecule has 0 fully saturated rings. The van der Waals surface area contributed by atoms with Crippen molar-refractivity contribution in [3.05, 3.63) is 40.8 Å². The van der Waals surface area contributed by atoms with E-state index in [1.807, 2.05) is 24.3 Å². The molecule has 0 aliphatic heterocycles. The largest absolute Gasteiger partial charge is 0.319 e. The summed E-state index contributed by atoms with van der Waals surface area (Å²) in [6.07, 6.45) is 9.68. The van der Waals surface area contributed by atoms with Gasteiger partial charge in [0.25, 0.3) is 5.56 Å². The van der Waals surface area contributed by atoms with Crippen molar-refractivity contribution in [1.29, 1.82) is 0 Å². The fourth-order valence-corrected chi connectivity index (χ4v) is 3.02. The van der Waals surface area contributed by atoms with E-state index in [2.05, 4.69) is 35.6 Å². The number of unbranched alkanes of at least 4 members (excludes halogenated alkanes) is 4. The van der Waals surface area contributed by atoms with Gasteiger partial charge in [0.1, 0.15) is 0 Å². The number of aromatic nitrogens is 2. The van der Waals surface area contributed by atoms with Gasteiger partial charge in [-0.05, 0) is 36.5 Å². The third-order valence-electron chi connectivity index (χ3n) is 3.27. The predicted octanol–water partition coefficient (Wildman–Crippen LogP) is 5.02. The standard InChI is InChI=1S/C10H22S.C8H6N2O/c1-3-5-7-9-11-10-8-6-4-2;11-8-5-9-6-3-1-2-4-7(6)10-8/h3-10H2,1-2H3;1-5H,(H,10,11). The van der Waals surface area contributed by atoms with Gasteiger partial charge in [-0.2, -0.15) is 11.8 Å². The molecule has 0 aliphatic rings. The van der Waals surface area contributed by atoms with E-state index >= 15 is 0 Å². The van der Waals surface area contributed by atoms with E-state index in [0.717, 1.165) is 11.0 Å². The van der Waals surface area contributed by atoms with Gasteiger partial charge in [-0.25, -0.2) is 4.98 Å². The first-order chi connectivity index (χ1) is 10.8. The van der Waals surface area contributed by atoms with Crippen LogP contribution in [-0.4, -0.2) is 21.5 Å². The maximum absolute atomic E-state index is 10.8. The van der Waals surface area contributed by atoms with Crippen LogP contribution in [0.2, 0.25) is 0 Å². The number of para-hydroxylation sites is 2. The van der Waals surface area contributed by atoms with E-state index in [4.69, 9.17) is 0 Å². The molecule has 1 aromatic carbocycles. The van der Waals surface area contributed by atoms with Crippen molar-refractivity contribution in [2.75, 3.05) is 11.5 Å². The van der Waals surface area contributed by atoms with Crippen LogP contribution in [0.25, 0.3) is 11.0 Å². The van der Waals surface area contributed by atoms with Crippen molar-refractivity contribution in [1.82, 2.24) is 9.97 Å². The van der Waals surface area contributed by atoms with Crippen molar-refractivity contribution < 1.29 is 0 Å². The summed E-state index contributed by atoms with van der Waals surface area (Å²) < 4.78 is 0. The van der Waals surface area contributed by atoms with Crippen molar-refractivity contribution >= 4 is 22.8 Å². The molecule has 1 aromatic heterocycles. The minimum Gasteiger partial charge on any atom is -0.319 e. The molecule has 22 heavy (non-hydrogen) atoms. The van der Waals surface area contributed by atoms with Gasteiger partial charge < -0.3 is 4.98 Å². The third-order valence-corrected chi connectivity index (χ3v) is 4.42. The highest BCUT2D eigenvalue weighted by atomic mass is 32.2. The van der Waals surface area contributed by atoms with Gasteiger partial charge in [0, 0.05) is 0 Å². The molecule has 0 amide bonds. The summed E-state index contributed by atoms with van der Waals surface area (Å²) in [7, 11) is 0. The first-order valence-corrected chi connectivity index (χ1v) is 9.45. The summed E-state index contributed by atoms with van der Waals surface area (Å²) in [4.78, 5) is 17.4. The van der Waals surface area contributed by atoms with E-state index in [1.165, 1.54) is 56.2 Å². The Hall–Kier alpha value is -1.29. The summed E-state index contributed by atoms with van der Waals surface area (Å²) in [6.45, 7) is 4.53. The van der Waals surface area contributed by atoms with Crippen LogP contribution in [0.3, 0.4) is 0 Å². The second-order valence-electron chi connectivity index (χ2n) is 5.29. The van der Waals surface area contributed by atoms with E-state index in [-0.39, 0.29) is 5.56 Å². The van der Waals surface area contributed by atoms with E-state index < -0.39 is 0 Å². The number of thioether (sulfide) groups is 1. The Bertz CT molecular complexity index is 560. The Morgan fingerprint density at radius 1 is 1.00 bits per heavy atom. The van der Waals surface area contributed by atoms with Gasteiger partial charge in [-0.15, -0.1) is 0 Å². The first-order valence-electron chi connectivity index (χ1n) is 8.29. The molecule has 4 heteroatoms. The fraction of sp³-hybridized carbons (Fsp3) is 0.556. The van der Waals surface area contributed by atoms with Gasteiger partial charge >= 0.3 is 0 Å². The second kappa shape index (κ2) is 12.3. The highest BCUT2D eigenvalue weighted by Gasteiger charge is 1.91. The molecular weight excluding hydrogens is 292 g/mol. The third kappa shape index (κ3) is 8.23. The van der Waals surface area contributed by atoms with Crippen LogP contribution in [0.15, 0.2) is 35.3 Å². The molecule has 2 aromatic rings. The van der Waals surface area contributed by atoms with Crippen molar-refractivity contribution in [2.45, 2.75) is 52.4 Å². The Balaban J connectivity index is 0.000000220. The van der Waals surface area contributed by atoms with Crippen LogP contribution in [0.4, 0.5) is 0 Å². The molecule has 3 nitrogen and oxygen atoms in total. The maximum Gasteiger partial charge on any atom is 0.266 e. The Morgan fingerprint density at radius 3 is 2.27 bits per heavy atom. The highest BCUT2D eigenvalue weighted by Crippen LogP contribution is 2.09. The zero-order chi connectivity index (χ0) is 16.0. The van der Waals surface area contributed by atoms with Crippen LogP contribution in [0.1, 0.15) is 52.4 Å². The smallest absolute Gasteiger partial charge is 0.266 e. The Labute approximate surface area is 137 Å². The number of benzene rings is 1. The summed E-state index contributed by atoms with van der Waals surface area (Å²) in [6, 6.07) is 7.42. The molecule has 0 radical (unpaired) electrons. The zero-order valence-electron chi connectivity index (χ0n) is 13.8. The average molecular weight is 321 g/mol. The minimum absolute atomic E-state index is 0.163. The molecule has 0 unspecified atom stereocenters. The lowest BCUT2D eigenvalue weighted by Crippen LogP contribution is -2.04. The molecular formula is C18H28N2OS. The van der Waals surface area contributed by atoms with Crippen molar-refractivity contribution in [3.63, 3.8) is 0 Å². The number of rotatable bonds is 8. The van der Waals surface area contributed by atoms with Crippen LogP contribution in [0.5, 0.6) is 0 Å². The van der Waals surface area contributed by atoms with Gasteiger partial charge in [0.15, 0.2) is 0 Å². The number of fused-ring (bicyclic) bond motifs is 1. The minimum atomic E-state index is -0.163. The highest BCUT2D eigenvalue weighted by molar-refractivity contribution is 7.99. The summed E-state index contributed by atoms with van der Waals surface area (Å²) >= 11 is 2.13. The number of H-pyrrole nitrogens is 1. The van der Waals surface area contributed by atoms with Crippen molar-refractivity contribution in [3.8, 4) is 0 Å². The maximum atomic E-state index is 10.8. The summed E-state index contributed by atoms with van der Waals surface area (Å²) in [5.74, 6) is 2.77. The van der Waals surface area contributed by atoms with Crippen molar-refractivity contribution in [2.24, 2.45) is 0 Å². The topological polar surface area (TPSA) is 45.8 Å². The zero-order valence-corrected chi connectivity index (χ0v) is 14.6. The Kier molecular flexibility index (Phi) is 10.5. The monoisotopic (exact) mass is 320 g/mol. The molecule has 0 bridgehead atoms. The lowest BCUT2D eigenvalue weighted by atomic mass is 10.3. The van der Waals surface area contributed by atoms with E-state index in [1.54, 1.807) is 0 Å². The number of hydrogen-bond donors (Lipinski definition) is 1. The Morgan fingerprint density at radius 2 is 1.64 bits per heavy atom. The molecule has 1 heterocycles. The molecule has 1 N–H and O–H groups in total. The molecule has 0 saturated heterocycles. The van der Waals surface area contributed by atoms with E-state index in [9.17, 15) is 4.79 Å².